The average Bonchev–Trinajstić information content (AvgIpc) is 3.11. The van der Waals surface area contributed by atoms with E-state index in [0.29, 0.717) is 36.0 Å². The number of rotatable bonds is 6. The van der Waals surface area contributed by atoms with Gasteiger partial charge in [-0.05, 0) is 48.5 Å². The minimum atomic E-state index is -3.85. The zero-order valence-corrected chi connectivity index (χ0v) is 18.9. The third kappa shape index (κ3) is 4.67. The van der Waals surface area contributed by atoms with Crippen molar-refractivity contribution in [3.63, 3.8) is 0 Å². The Kier molecular flexibility index (Phi) is 5.81. The highest BCUT2D eigenvalue weighted by Gasteiger charge is 2.19. The van der Waals surface area contributed by atoms with E-state index in [0.717, 1.165) is 17.8 Å². The quantitative estimate of drug-likeness (QED) is 0.440. The van der Waals surface area contributed by atoms with Crippen LogP contribution in [-0.2, 0) is 16.6 Å². The number of carbonyl (C=O) groups is 1. The van der Waals surface area contributed by atoms with Gasteiger partial charge in [0.15, 0.2) is 11.5 Å². The van der Waals surface area contributed by atoms with Crippen LogP contribution < -0.4 is 19.5 Å². The molecule has 2 N–H and O–H groups in total. The molecule has 5 rings (SSSR count). The first-order chi connectivity index (χ1) is 16.5. The number of amides is 1. The molecule has 0 saturated carbocycles. The first kappa shape index (κ1) is 21.8. The van der Waals surface area contributed by atoms with E-state index in [1.54, 1.807) is 30.3 Å². The summed E-state index contributed by atoms with van der Waals surface area (Å²) in [5, 5.41) is 2.82. The van der Waals surface area contributed by atoms with E-state index in [4.69, 9.17) is 9.47 Å². The molecule has 0 radical (unpaired) electrons. The van der Waals surface area contributed by atoms with Crippen LogP contribution in [0.2, 0.25) is 0 Å². The molecule has 10 heteroatoms. The number of aromatic nitrogens is 2. The third-order valence-corrected chi connectivity index (χ3v) is 6.65. The lowest BCUT2D eigenvalue weighted by atomic mass is 10.2. The summed E-state index contributed by atoms with van der Waals surface area (Å²) in [6, 6.07) is 16.4. The van der Waals surface area contributed by atoms with Crippen molar-refractivity contribution < 1.29 is 22.7 Å². The highest BCUT2D eigenvalue weighted by Crippen LogP contribution is 2.32. The molecule has 0 atom stereocenters. The monoisotopic (exact) mass is 478 g/mol. The third-order valence-electron chi connectivity index (χ3n) is 5.27. The molecule has 1 aliphatic rings. The van der Waals surface area contributed by atoms with Gasteiger partial charge in [0.1, 0.15) is 5.65 Å². The Morgan fingerprint density at radius 1 is 1.00 bits per heavy atom. The van der Waals surface area contributed by atoms with Crippen molar-refractivity contribution in [3.8, 4) is 11.5 Å². The molecule has 0 spiro atoms. The van der Waals surface area contributed by atoms with Gasteiger partial charge in [-0.1, -0.05) is 6.07 Å². The van der Waals surface area contributed by atoms with Crippen LogP contribution in [0.25, 0.3) is 5.65 Å². The van der Waals surface area contributed by atoms with Gasteiger partial charge >= 0.3 is 0 Å². The summed E-state index contributed by atoms with van der Waals surface area (Å²) in [6.07, 6.45) is 4.47. The topological polar surface area (TPSA) is 111 Å². The van der Waals surface area contributed by atoms with Gasteiger partial charge in [-0.2, -0.15) is 0 Å². The lowest BCUT2D eigenvalue weighted by molar-refractivity contribution is 0.0950. The highest BCUT2D eigenvalue weighted by atomic mass is 32.2. The molecule has 0 unspecified atom stereocenters. The fourth-order valence-electron chi connectivity index (χ4n) is 3.56. The summed E-state index contributed by atoms with van der Waals surface area (Å²) in [7, 11) is -3.85. The molecule has 2 aromatic carbocycles. The number of anilines is 1. The van der Waals surface area contributed by atoms with Crippen molar-refractivity contribution in [1.29, 1.82) is 0 Å². The molecule has 2 aromatic heterocycles. The molecule has 0 fully saturated rings. The number of sulfonamides is 1. The number of fused-ring (bicyclic) bond motifs is 2. The number of benzene rings is 2. The summed E-state index contributed by atoms with van der Waals surface area (Å²) < 4.78 is 41.2. The maximum atomic E-state index is 12.8. The lowest BCUT2D eigenvalue weighted by Crippen LogP contribution is -2.23. The maximum absolute atomic E-state index is 12.8. The van der Waals surface area contributed by atoms with Crippen molar-refractivity contribution in [3.05, 3.63) is 84.3 Å². The Labute approximate surface area is 196 Å². The predicted octanol–water partition coefficient (Wildman–Crippen LogP) is 3.23. The van der Waals surface area contributed by atoms with Crippen molar-refractivity contribution in [1.82, 2.24) is 14.7 Å². The standard InChI is InChI=1S/C24H22N4O5S/c29-24(25-15-19-16-28-11-2-1-4-23(28)26-19)17-5-7-18(8-6-17)27-34(30,31)20-9-10-21-22(14-20)33-13-3-12-32-21/h1-2,4-11,14,16,27H,3,12-13,15H2,(H,25,29). The van der Waals surface area contributed by atoms with Crippen LogP contribution in [0.15, 0.2) is 78.0 Å². The number of nitrogens with zero attached hydrogens (tertiary/aromatic N) is 2. The number of imidazole rings is 1. The molecule has 0 bridgehead atoms. The molecule has 0 saturated heterocycles. The van der Waals surface area contributed by atoms with Gasteiger partial charge in [-0.25, -0.2) is 13.4 Å². The summed E-state index contributed by atoms with van der Waals surface area (Å²) in [6.45, 7) is 1.26. The first-order valence-corrected chi connectivity index (χ1v) is 12.2. The molecule has 9 nitrogen and oxygen atoms in total. The molecule has 174 valence electrons. The lowest BCUT2D eigenvalue weighted by Gasteiger charge is -2.12. The molecule has 0 aliphatic carbocycles. The van der Waals surface area contributed by atoms with Crippen LogP contribution in [0.1, 0.15) is 22.5 Å². The zero-order chi connectivity index (χ0) is 23.5. The highest BCUT2D eigenvalue weighted by molar-refractivity contribution is 7.92. The van der Waals surface area contributed by atoms with Gasteiger partial charge in [0.05, 0.1) is 30.3 Å². The van der Waals surface area contributed by atoms with E-state index in [2.05, 4.69) is 15.0 Å². The van der Waals surface area contributed by atoms with Gasteiger partial charge in [-0.3, -0.25) is 9.52 Å². The minimum absolute atomic E-state index is 0.0611. The Hall–Kier alpha value is -4.05. The van der Waals surface area contributed by atoms with Gasteiger partial charge in [0, 0.05) is 36.1 Å². The molecule has 3 heterocycles. The van der Waals surface area contributed by atoms with Crippen LogP contribution in [-0.4, -0.2) is 36.9 Å². The second-order valence-corrected chi connectivity index (χ2v) is 9.41. The van der Waals surface area contributed by atoms with E-state index < -0.39 is 10.0 Å². The SMILES string of the molecule is O=C(NCc1cn2ccccc2n1)c1ccc(NS(=O)(=O)c2ccc3c(c2)OCCCO3)cc1. The Balaban J connectivity index is 1.23. The average molecular weight is 479 g/mol. The Bertz CT molecular complexity index is 1420. The fraction of sp³-hybridized carbons (Fsp3) is 0.167. The van der Waals surface area contributed by atoms with E-state index in [-0.39, 0.29) is 17.3 Å². The number of ether oxygens (including phenoxy) is 2. The number of hydrogen-bond acceptors (Lipinski definition) is 6. The Morgan fingerprint density at radius 3 is 2.59 bits per heavy atom. The van der Waals surface area contributed by atoms with Gasteiger partial charge in [0.25, 0.3) is 15.9 Å². The predicted molar refractivity (Wildman–Crippen MR) is 126 cm³/mol. The number of hydrogen-bond donors (Lipinski definition) is 2. The van der Waals surface area contributed by atoms with Crippen LogP contribution in [0.5, 0.6) is 11.5 Å². The van der Waals surface area contributed by atoms with Gasteiger partial charge in [0.2, 0.25) is 0 Å². The fourth-order valence-corrected chi connectivity index (χ4v) is 4.63. The van der Waals surface area contributed by atoms with E-state index >= 15 is 0 Å². The normalized spacial score (nSPS) is 13.3. The molecule has 34 heavy (non-hydrogen) atoms. The molecule has 1 aliphatic heterocycles. The van der Waals surface area contributed by atoms with Crippen LogP contribution in [0.3, 0.4) is 0 Å². The second-order valence-electron chi connectivity index (χ2n) is 7.72. The summed E-state index contributed by atoms with van der Waals surface area (Å²) in [5.74, 6) is 0.642. The van der Waals surface area contributed by atoms with Crippen LogP contribution in [0, 0.1) is 0 Å². The van der Waals surface area contributed by atoms with Crippen molar-refractivity contribution in [2.24, 2.45) is 0 Å². The second kappa shape index (κ2) is 9.06. The minimum Gasteiger partial charge on any atom is -0.490 e. The molecule has 1 amide bonds. The summed E-state index contributed by atoms with van der Waals surface area (Å²) >= 11 is 0. The number of pyridine rings is 1. The molecular weight excluding hydrogens is 456 g/mol. The van der Waals surface area contributed by atoms with Crippen molar-refractivity contribution in [2.45, 2.75) is 17.9 Å². The van der Waals surface area contributed by atoms with Gasteiger partial charge < -0.3 is 19.2 Å². The maximum Gasteiger partial charge on any atom is 0.262 e. The largest absolute Gasteiger partial charge is 0.490 e. The van der Waals surface area contributed by atoms with E-state index in [9.17, 15) is 13.2 Å². The van der Waals surface area contributed by atoms with Crippen LogP contribution in [0.4, 0.5) is 5.69 Å². The molecular formula is C24H22N4O5S. The number of carbonyl (C=O) groups excluding carboxylic acids is 1. The summed E-state index contributed by atoms with van der Waals surface area (Å²) in [4.78, 5) is 17.0. The molecule has 4 aromatic rings. The smallest absolute Gasteiger partial charge is 0.262 e. The zero-order valence-electron chi connectivity index (χ0n) is 18.1. The van der Waals surface area contributed by atoms with Crippen molar-refractivity contribution >= 4 is 27.3 Å². The van der Waals surface area contributed by atoms with Gasteiger partial charge in [-0.15, -0.1) is 0 Å². The first-order valence-electron chi connectivity index (χ1n) is 10.7. The summed E-state index contributed by atoms with van der Waals surface area (Å²) in [5.41, 5.74) is 2.28. The van der Waals surface area contributed by atoms with Crippen molar-refractivity contribution in [2.75, 3.05) is 17.9 Å². The van der Waals surface area contributed by atoms with E-state index in [1.807, 2.05) is 35.0 Å². The van der Waals surface area contributed by atoms with Crippen LogP contribution >= 0.6 is 0 Å². The Morgan fingerprint density at radius 2 is 1.79 bits per heavy atom. The van der Waals surface area contributed by atoms with E-state index in [1.165, 1.54) is 12.1 Å². The number of nitrogens with one attached hydrogen (secondary N) is 2.